The van der Waals surface area contributed by atoms with Crippen molar-refractivity contribution in [2.45, 2.75) is 25.5 Å². The Labute approximate surface area is 156 Å². The lowest BCUT2D eigenvalue weighted by atomic mass is 9.95. The van der Waals surface area contributed by atoms with E-state index >= 15 is 0 Å². The monoisotopic (exact) mass is 377 g/mol. The average Bonchev–Trinajstić information content (AvgIpc) is 2.58. The van der Waals surface area contributed by atoms with Crippen molar-refractivity contribution in [3.63, 3.8) is 0 Å². The SMILES string of the molecule is COC(=S)c1ccccc1-c1c(F)cccc1C=N[S+]([O-])C(C)(C)C. The Morgan fingerprint density at radius 3 is 2.52 bits per heavy atom. The zero-order valence-corrected chi connectivity index (χ0v) is 16.2. The first-order chi connectivity index (χ1) is 11.8. The van der Waals surface area contributed by atoms with E-state index in [0.29, 0.717) is 22.3 Å². The summed E-state index contributed by atoms with van der Waals surface area (Å²) in [6.45, 7) is 5.50. The molecule has 132 valence electrons. The van der Waals surface area contributed by atoms with Gasteiger partial charge in [0.2, 0.25) is 0 Å². The third-order valence-corrected chi connectivity index (χ3v) is 5.19. The highest BCUT2D eigenvalue weighted by Crippen LogP contribution is 2.30. The van der Waals surface area contributed by atoms with E-state index in [1.165, 1.54) is 19.4 Å². The molecule has 0 spiro atoms. The topological polar surface area (TPSA) is 44.6 Å². The quantitative estimate of drug-likeness (QED) is 0.441. The fourth-order valence-electron chi connectivity index (χ4n) is 2.18. The summed E-state index contributed by atoms with van der Waals surface area (Å²) < 4.78 is 35.6. The van der Waals surface area contributed by atoms with Crippen LogP contribution in [0.4, 0.5) is 4.39 Å². The molecule has 0 saturated carbocycles. The van der Waals surface area contributed by atoms with Gasteiger partial charge < -0.3 is 9.29 Å². The van der Waals surface area contributed by atoms with Gasteiger partial charge in [0.15, 0.2) is 5.05 Å². The molecule has 3 nitrogen and oxygen atoms in total. The molecule has 0 N–H and O–H groups in total. The molecule has 0 bridgehead atoms. The van der Waals surface area contributed by atoms with Crippen molar-refractivity contribution in [1.82, 2.24) is 0 Å². The molecule has 0 aliphatic carbocycles. The molecule has 0 fully saturated rings. The van der Waals surface area contributed by atoms with E-state index in [2.05, 4.69) is 4.40 Å². The third kappa shape index (κ3) is 4.66. The van der Waals surface area contributed by atoms with Gasteiger partial charge in [0.25, 0.3) is 0 Å². The average molecular weight is 378 g/mol. The molecule has 0 aliphatic heterocycles. The van der Waals surface area contributed by atoms with Crippen LogP contribution in [-0.4, -0.2) is 27.7 Å². The van der Waals surface area contributed by atoms with Gasteiger partial charge in [0, 0.05) is 16.7 Å². The highest BCUT2D eigenvalue weighted by Gasteiger charge is 2.26. The van der Waals surface area contributed by atoms with Gasteiger partial charge >= 0.3 is 0 Å². The normalized spacial score (nSPS) is 13.0. The molecule has 1 unspecified atom stereocenters. The van der Waals surface area contributed by atoms with Gasteiger partial charge in [-0.25, -0.2) is 4.39 Å². The molecule has 0 amide bonds. The second kappa shape index (κ2) is 8.08. The van der Waals surface area contributed by atoms with Crippen molar-refractivity contribution in [3.05, 3.63) is 59.4 Å². The fraction of sp³-hybridized carbons (Fsp3) is 0.263. The largest absolute Gasteiger partial charge is 0.591 e. The van der Waals surface area contributed by atoms with Gasteiger partial charge in [-0.3, -0.25) is 0 Å². The number of methoxy groups -OCH3 is 1. The maximum Gasteiger partial charge on any atom is 0.191 e. The Bertz CT molecular complexity index is 800. The van der Waals surface area contributed by atoms with E-state index in [4.69, 9.17) is 17.0 Å². The summed E-state index contributed by atoms with van der Waals surface area (Å²) in [5, 5.41) is 0.278. The first-order valence-electron chi connectivity index (χ1n) is 7.68. The first kappa shape index (κ1) is 19.6. The summed E-state index contributed by atoms with van der Waals surface area (Å²) in [6, 6.07) is 11.9. The molecular weight excluding hydrogens is 357 g/mol. The van der Waals surface area contributed by atoms with Crippen LogP contribution >= 0.6 is 12.2 Å². The Morgan fingerprint density at radius 1 is 1.20 bits per heavy atom. The van der Waals surface area contributed by atoms with Gasteiger partial charge in [-0.05, 0) is 50.7 Å². The van der Waals surface area contributed by atoms with Crippen molar-refractivity contribution in [3.8, 4) is 11.1 Å². The molecule has 0 radical (unpaired) electrons. The molecule has 2 aromatic carbocycles. The van der Waals surface area contributed by atoms with Crippen molar-refractivity contribution >= 4 is 34.8 Å². The molecule has 0 heterocycles. The minimum atomic E-state index is -1.43. The number of benzene rings is 2. The van der Waals surface area contributed by atoms with E-state index in [0.717, 1.165) is 0 Å². The van der Waals surface area contributed by atoms with E-state index in [-0.39, 0.29) is 5.05 Å². The lowest BCUT2D eigenvalue weighted by Gasteiger charge is -2.18. The van der Waals surface area contributed by atoms with Gasteiger partial charge in [-0.1, -0.05) is 34.7 Å². The number of halogens is 1. The minimum Gasteiger partial charge on any atom is -0.591 e. The highest BCUT2D eigenvalue weighted by molar-refractivity contribution is 7.91. The number of ether oxygens (including phenoxy) is 1. The Hall–Kier alpha value is -1.76. The molecule has 1 atom stereocenters. The van der Waals surface area contributed by atoms with Crippen LogP contribution in [0.1, 0.15) is 31.9 Å². The van der Waals surface area contributed by atoms with Gasteiger partial charge in [-0.15, -0.1) is 0 Å². The predicted octanol–water partition coefficient (Wildman–Crippen LogP) is 4.70. The van der Waals surface area contributed by atoms with Crippen LogP contribution in [0.3, 0.4) is 0 Å². The lowest BCUT2D eigenvalue weighted by molar-refractivity contribution is 0.416. The number of hydrogen-bond donors (Lipinski definition) is 0. The maximum absolute atomic E-state index is 14.6. The van der Waals surface area contributed by atoms with Crippen LogP contribution < -0.4 is 0 Å². The molecule has 0 saturated heterocycles. The Kier molecular flexibility index (Phi) is 6.32. The number of rotatable bonds is 4. The van der Waals surface area contributed by atoms with E-state index in [1.807, 2.05) is 26.8 Å². The van der Waals surface area contributed by atoms with Crippen LogP contribution in [-0.2, 0) is 16.1 Å². The Morgan fingerprint density at radius 2 is 1.88 bits per heavy atom. The summed E-state index contributed by atoms with van der Waals surface area (Å²) in [6.07, 6.45) is 1.45. The van der Waals surface area contributed by atoms with Crippen molar-refractivity contribution in [2.75, 3.05) is 7.11 Å². The van der Waals surface area contributed by atoms with Crippen molar-refractivity contribution in [2.24, 2.45) is 4.40 Å². The summed E-state index contributed by atoms with van der Waals surface area (Å²) in [4.78, 5) is 0. The summed E-state index contributed by atoms with van der Waals surface area (Å²) in [5.74, 6) is -0.406. The van der Waals surface area contributed by atoms with Crippen molar-refractivity contribution in [1.29, 1.82) is 0 Å². The molecule has 25 heavy (non-hydrogen) atoms. The number of thiocarbonyl (C=S) groups is 1. The number of nitrogens with zero attached hydrogens (tertiary/aromatic N) is 1. The minimum absolute atomic E-state index is 0.278. The lowest BCUT2D eigenvalue weighted by Crippen LogP contribution is -2.25. The molecule has 2 rings (SSSR count). The fourth-order valence-corrected chi connectivity index (χ4v) is 2.89. The zero-order valence-electron chi connectivity index (χ0n) is 14.6. The molecular formula is C19H20FNO2S2. The van der Waals surface area contributed by atoms with Crippen LogP contribution in [0, 0.1) is 5.82 Å². The number of hydrogen-bond acceptors (Lipinski definition) is 4. The van der Waals surface area contributed by atoms with Gasteiger partial charge in [0.1, 0.15) is 21.9 Å². The molecule has 0 aliphatic rings. The molecule has 2 aromatic rings. The standard InChI is InChI=1S/C19H20FNO2S2/c1-19(2,3)25(22)21-12-13-8-7-11-16(20)17(13)14-9-5-6-10-15(14)18(24)23-4/h5-12H,1-4H3. The zero-order chi connectivity index (χ0) is 18.6. The molecule has 6 heteroatoms. The van der Waals surface area contributed by atoms with Crippen molar-refractivity contribution < 1.29 is 13.7 Å². The van der Waals surface area contributed by atoms with Gasteiger partial charge in [-0.2, -0.15) is 0 Å². The van der Waals surface area contributed by atoms with Crippen LogP contribution in [0.25, 0.3) is 11.1 Å². The summed E-state index contributed by atoms with van der Waals surface area (Å²) >= 11 is 3.80. The van der Waals surface area contributed by atoms with E-state index in [9.17, 15) is 8.94 Å². The predicted molar refractivity (Wildman–Crippen MR) is 106 cm³/mol. The van der Waals surface area contributed by atoms with Crippen LogP contribution in [0.2, 0.25) is 0 Å². The first-order valence-corrected chi connectivity index (χ1v) is 9.19. The summed E-state index contributed by atoms with van der Waals surface area (Å²) in [7, 11) is 1.48. The van der Waals surface area contributed by atoms with Crippen LogP contribution in [0.5, 0.6) is 0 Å². The maximum atomic E-state index is 14.6. The second-order valence-electron chi connectivity index (χ2n) is 6.34. The van der Waals surface area contributed by atoms with E-state index in [1.54, 1.807) is 30.3 Å². The second-order valence-corrected chi connectivity index (χ2v) is 8.64. The van der Waals surface area contributed by atoms with Gasteiger partial charge in [0.05, 0.1) is 13.3 Å². The third-order valence-electron chi connectivity index (χ3n) is 3.46. The molecule has 0 aromatic heterocycles. The highest BCUT2D eigenvalue weighted by atomic mass is 32.2. The smallest absolute Gasteiger partial charge is 0.191 e. The van der Waals surface area contributed by atoms with Crippen LogP contribution in [0.15, 0.2) is 46.9 Å². The Balaban J connectivity index is 2.57. The van der Waals surface area contributed by atoms with E-state index < -0.39 is 21.9 Å². The summed E-state index contributed by atoms with van der Waals surface area (Å²) in [5.41, 5.74) is 2.11.